The zero-order chi connectivity index (χ0) is 16.7. The van der Waals surface area contributed by atoms with Gasteiger partial charge in [0.2, 0.25) is 0 Å². The highest BCUT2D eigenvalue weighted by atomic mass is 16.6. The van der Waals surface area contributed by atoms with E-state index in [2.05, 4.69) is 15.8 Å². The van der Waals surface area contributed by atoms with Gasteiger partial charge in [-0.25, -0.2) is 5.43 Å². The second-order valence-electron chi connectivity index (χ2n) is 4.30. The predicted molar refractivity (Wildman–Crippen MR) is 79.9 cm³/mol. The Morgan fingerprint density at radius 1 is 1.26 bits per heavy atom. The number of benzene rings is 1. The number of amides is 2. The van der Waals surface area contributed by atoms with E-state index >= 15 is 0 Å². The van der Waals surface area contributed by atoms with Gasteiger partial charge in [-0.3, -0.25) is 19.7 Å². The minimum absolute atomic E-state index is 0.0353. The average Bonchev–Trinajstić information content (AvgIpc) is 3.07. The normalized spacial score (nSPS) is 10.4. The van der Waals surface area contributed by atoms with Gasteiger partial charge in [0, 0.05) is 12.1 Å². The molecule has 1 aromatic carbocycles. The van der Waals surface area contributed by atoms with Gasteiger partial charge in [-0.1, -0.05) is 0 Å². The molecule has 0 saturated carbocycles. The quantitative estimate of drug-likeness (QED) is 0.468. The molecule has 1 heterocycles. The second kappa shape index (κ2) is 7.50. The lowest BCUT2D eigenvalue weighted by Gasteiger charge is -2.01. The highest BCUT2D eigenvalue weighted by Gasteiger charge is 2.09. The van der Waals surface area contributed by atoms with Crippen molar-refractivity contribution in [2.75, 3.05) is 6.54 Å². The molecule has 0 bridgehead atoms. The van der Waals surface area contributed by atoms with Crippen LogP contribution in [-0.2, 0) is 4.79 Å². The first kappa shape index (κ1) is 15.9. The standard InChI is InChI=1S/C14H12N4O5/c19-13(9-15-14(20)12-2-1-7-23-12)17-16-8-10-3-5-11(6-4-10)18(21)22/h1-8H,9H2,(H,15,20)(H,17,19). The number of rotatable bonds is 6. The molecule has 118 valence electrons. The molecule has 0 spiro atoms. The molecular weight excluding hydrogens is 304 g/mol. The van der Waals surface area contributed by atoms with Crippen molar-refractivity contribution in [3.63, 3.8) is 0 Å². The SMILES string of the molecule is O=C(CNC(=O)c1ccco1)NN=Cc1ccc([N+](=O)[O-])cc1. The lowest BCUT2D eigenvalue weighted by atomic mass is 10.2. The molecule has 0 aliphatic heterocycles. The number of carbonyl (C=O) groups is 2. The first-order valence-corrected chi connectivity index (χ1v) is 6.44. The fraction of sp³-hybridized carbons (Fsp3) is 0.0714. The first-order valence-electron chi connectivity index (χ1n) is 6.44. The van der Waals surface area contributed by atoms with Gasteiger partial charge in [0.1, 0.15) is 0 Å². The molecule has 2 amide bonds. The Balaban J connectivity index is 1.77. The summed E-state index contributed by atoms with van der Waals surface area (Å²) in [5.41, 5.74) is 2.76. The summed E-state index contributed by atoms with van der Waals surface area (Å²) in [6.07, 6.45) is 2.68. The van der Waals surface area contributed by atoms with Gasteiger partial charge in [0.05, 0.1) is 23.9 Å². The van der Waals surface area contributed by atoms with Crippen LogP contribution in [0.3, 0.4) is 0 Å². The summed E-state index contributed by atoms with van der Waals surface area (Å²) in [5, 5.41) is 16.5. The van der Waals surface area contributed by atoms with Crippen molar-refractivity contribution in [3.8, 4) is 0 Å². The Hall–Kier alpha value is -3.49. The third-order valence-corrected chi connectivity index (χ3v) is 2.66. The van der Waals surface area contributed by atoms with Crippen molar-refractivity contribution in [2.45, 2.75) is 0 Å². The molecule has 0 atom stereocenters. The Kier molecular flexibility index (Phi) is 5.18. The molecule has 2 rings (SSSR count). The number of hydrogen-bond acceptors (Lipinski definition) is 6. The highest BCUT2D eigenvalue weighted by Crippen LogP contribution is 2.10. The number of furan rings is 1. The Morgan fingerprint density at radius 3 is 2.61 bits per heavy atom. The van der Waals surface area contributed by atoms with Crippen molar-refractivity contribution in [1.29, 1.82) is 0 Å². The minimum Gasteiger partial charge on any atom is -0.459 e. The van der Waals surface area contributed by atoms with Crippen LogP contribution in [0.4, 0.5) is 5.69 Å². The number of nitrogens with one attached hydrogen (secondary N) is 2. The Labute approximate surface area is 130 Å². The van der Waals surface area contributed by atoms with E-state index in [9.17, 15) is 19.7 Å². The van der Waals surface area contributed by atoms with Crippen molar-refractivity contribution >= 4 is 23.7 Å². The molecule has 2 N–H and O–H groups in total. The fourth-order valence-electron chi connectivity index (χ4n) is 1.56. The molecule has 9 nitrogen and oxygen atoms in total. The van der Waals surface area contributed by atoms with Crippen molar-refractivity contribution < 1.29 is 18.9 Å². The lowest BCUT2D eigenvalue weighted by Crippen LogP contribution is -2.34. The number of carbonyl (C=O) groups excluding carboxylic acids is 2. The van der Waals surface area contributed by atoms with Crippen LogP contribution in [0, 0.1) is 10.1 Å². The van der Waals surface area contributed by atoms with Crippen molar-refractivity contribution in [2.24, 2.45) is 5.10 Å². The van der Waals surface area contributed by atoms with E-state index < -0.39 is 16.7 Å². The van der Waals surface area contributed by atoms with E-state index in [1.807, 2.05) is 0 Å². The van der Waals surface area contributed by atoms with E-state index in [1.165, 1.54) is 42.8 Å². The van der Waals surface area contributed by atoms with Gasteiger partial charge in [-0.05, 0) is 29.8 Å². The number of nitro benzene ring substituents is 1. The summed E-state index contributed by atoms with van der Waals surface area (Å²) in [7, 11) is 0. The zero-order valence-corrected chi connectivity index (χ0v) is 11.8. The van der Waals surface area contributed by atoms with Crippen LogP contribution >= 0.6 is 0 Å². The first-order chi connectivity index (χ1) is 11.1. The summed E-state index contributed by atoms with van der Waals surface area (Å²) >= 11 is 0. The zero-order valence-electron chi connectivity index (χ0n) is 11.8. The monoisotopic (exact) mass is 316 g/mol. The molecule has 23 heavy (non-hydrogen) atoms. The maximum absolute atomic E-state index is 11.5. The molecule has 9 heteroatoms. The molecule has 1 aromatic heterocycles. The lowest BCUT2D eigenvalue weighted by molar-refractivity contribution is -0.384. The minimum atomic E-state index is -0.525. The molecule has 0 aliphatic carbocycles. The summed E-state index contributed by atoms with van der Waals surface area (Å²) in [5.74, 6) is -0.931. The van der Waals surface area contributed by atoms with Crippen LogP contribution in [0.25, 0.3) is 0 Å². The topological polar surface area (TPSA) is 127 Å². The van der Waals surface area contributed by atoms with E-state index in [4.69, 9.17) is 4.42 Å². The van der Waals surface area contributed by atoms with Crippen LogP contribution in [0.5, 0.6) is 0 Å². The smallest absolute Gasteiger partial charge is 0.287 e. The van der Waals surface area contributed by atoms with Crippen LogP contribution in [0.15, 0.2) is 52.2 Å². The Bertz CT molecular complexity index is 722. The third-order valence-electron chi connectivity index (χ3n) is 2.66. The summed E-state index contributed by atoms with van der Waals surface area (Å²) < 4.78 is 4.87. The van der Waals surface area contributed by atoms with Gasteiger partial charge >= 0.3 is 0 Å². The van der Waals surface area contributed by atoms with Crippen molar-refractivity contribution in [3.05, 3.63) is 64.1 Å². The van der Waals surface area contributed by atoms with Gasteiger partial charge in [0.25, 0.3) is 17.5 Å². The van der Waals surface area contributed by atoms with E-state index in [1.54, 1.807) is 6.07 Å². The van der Waals surface area contributed by atoms with E-state index in [-0.39, 0.29) is 18.0 Å². The van der Waals surface area contributed by atoms with Gasteiger partial charge in [-0.2, -0.15) is 5.10 Å². The van der Waals surface area contributed by atoms with Crippen LogP contribution in [-0.4, -0.2) is 29.5 Å². The Morgan fingerprint density at radius 2 is 2.00 bits per heavy atom. The van der Waals surface area contributed by atoms with Gasteiger partial charge in [-0.15, -0.1) is 0 Å². The average molecular weight is 316 g/mol. The molecular formula is C14H12N4O5. The number of hydrogen-bond donors (Lipinski definition) is 2. The highest BCUT2D eigenvalue weighted by molar-refractivity contribution is 5.94. The van der Waals surface area contributed by atoms with E-state index in [0.717, 1.165) is 0 Å². The second-order valence-corrected chi connectivity index (χ2v) is 4.30. The molecule has 0 radical (unpaired) electrons. The number of nitrogens with zero attached hydrogens (tertiary/aromatic N) is 2. The maximum atomic E-state index is 11.5. The maximum Gasteiger partial charge on any atom is 0.287 e. The molecule has 0 saturated heterocycles. The van der Waals surface area contributed by atoms with Crippen LogP contribution in [0.2, 0.25) is 0 Å². The van der Waals surface area contributed by atoms with Crippen molar-refractivity contribution in [1.82, 2.24) is 10.7 Å². The molecule has 0 unspecified atom stereocenters. The van der Waals surface area contributed by atoms with E-state index in [0.29, 0.717) is 5.56 Å². The van der Waals surface area contributed by atoms with Crippen LogP contribution in [0.1, 0.15) is 16.1 Å². The third kappa shape index (κ3) is 4.77. The number of hydrazone groups is 1. The molecule has 0 aliphatic rings. The predicted octanol–water partition coefficient (Wildman–Crippen LogP) is 1.07. The summed E-state index contributed by atoms with van der Waals surface area (Å²) in [6.45, 7) is -0.267. The van der Waals surface area contributed by atoms with Gasteiger partial charge in [0.15, 0.2) is 5.76 Å². The van der Waals surface area contributed by atoms with Gasteiger partial charge < -0.3 is 9.73 Å². The largest absolute Gasteiger partial charge is 0.459 e. The number of nitro groups is 1. The molecule has 0 fully saturated rings. The summed E-state index contributed by atoms with van der Waals surface area (Å²) in [4.78, 5) is 33.0. The van der Waals surface area contributed by atoms with Crippen LogP contribution < -0.4 is 10.7 Å². The summed E-state index contributed by atoms with van der Waals surface area (Å²) in [6, 6.07) is 8.67. The fourth-order valence-corrected chi connectivity index (χ4v) is 1.56. The number of non-ortho nitro benzene ring substituents is 1. The molecule has 2 aromatic rings.